The van der Waals surface area contributed by atoms with Crippen LogP contribution < -0.4 is 5.73 Å². The molecule has 2 rings (SSSR count). The second kappa shape index (κ2) is 4.06. The van der Waals surface area contributed by atoms with Crippen molar-refractivity contribution in [2.45, 2.75) is 19.9 Å². The van der Waals surface area contributed by atoms with Crippen molar-refractivity contribution < 1.29 is 0 Å². The van der Waals surface area contributed by atoms with Crippen LogP contribution in [0.5, 0.6) is 0 Å². The summed E-state index contributed by atoms with van der Waals surface area (Å²) in [5, 5.41) is 0. The van der Waals surface area contributed by atoms with Crippen molar-refractivity contribution in [1.82, 2.24) is 14.5 Å². The Morgan fingerprint density at radius 2 is 2.06 bits per heavy atom. The molecule has 0 saturated heterocycles. The van der Waals surface area contributed by atoms with Crippen molar-refractivity contribution in [3.05, 3.63) is 47.3 Å². The highest BCUT2D eigenvalue weighted by molar-refractivity contribution is 5.29. The number of aromatic nitrogens is 3. The first kappa shape index (κ1) is 10.8. The average molecular weight is 216 g/mol. The topological polar surface area (TPSA) is 56.7 Å². The molecule has 1 atom stereocenters. The quantitative estimate of drug-likeness (QED) is 0.827. The average Bonchev–Trinajstić information content (AvgIpc) is 2.63. The highest BCUT2D eigenvalue weighted by atomic mass is 15.1. The summed E-state index contributed by atoms with van der Waals surface area (Å²) in [7, 11) is 1.94. The van der Waals surface area contributed by atoms with Gasteiger partial charge >= 0.3 is 0 Å². The predicted octanol–water partition coefficient (Wildman–Crippen LogP) is 1.48. The number of hydrogen-bond donors (Lipinski definition) is 1. The minimum atomic E-state index is -0.215. The SMILES string of the molecule is Cc1ccc(C(N)c2nccn2C)c(C)n1. The highest BCUT2D eigenvalue weighted by Crippen LogP contribution is 2.20. The summed E-state index contributed by atoms with van der Waals surface area (Å²) in [6.45, 7) is 3.95. The zero-order valence-corrected chi connectivity index (χ0v) is 9.81. The first-order chi connectivity index (χ1) is 7.59. The molecule has 84 valence electrons. The van der Waals surface area contributed by atoms with Crippen molar-refractivity contribution in [2.24, 2.45) is 12.8 Å². The molecule has 0 amide bonds. The van der Waals surface area contributed by atoms with Crippen molar-refractivity contribution >= 4 is 0 Å². The fourth-order valence-electron chi connectivity index (χ4n) is 1.84. The molecule has 1 unspecified atom stereocenters. The number of nitrogens with zero attached hydrogens (tertiary/aromatic N) is 3. The number of aryl methyl sites for hydroxylation is 3. The Morgan fingerprint density at radius 3 is 2.62 bits per heavy atom. The second-order valence-electron chi connectivity index (χ2n) is 4.00. The van der Waals surface area contributed by atoms with Crippen molar-refractivity contribution in [3.63, 3.8) is 0 Å². The van der Waals surface area contributed by atoms with Gasteiger partial charge < -0.3 is 10.3 Å². The van der Waals surface area contributed by atoms with Crippen molar-refractivity contribution in [3.8, 4) is 0 Å². The van der Waals surface area contributed by atoms with E-state index in [9.17, 15) is 0 Å². The minimum absolute atomic E-state index is 0.215. The largest absolute Gasteiger partial charge is 0.336 e. The van der Waals surface area contributed by atoms with Crippen LogP contribution in [0.1, 0.15) is 28.8 Å². The van der Waals surface area contributed by atoms with Gasteiger partial charge in [-0.15, -0.1) is 0 Å². The van der Waals surface area contributed by atoms with E-state index < -0.39 is 0 Å². The monoisotopic (exact) mass is 216 g/mol. The molecule has 0 aliphatic rings. The first-order valence-electron chi connectivity index (χ1n) is 5.26. The summed E-state index contributed by atoms with van der Waals surface area (Å²) in [6.07, 6.45) is 3.65. The van der Waals surface area contributed by atoms with Gasteiger partial charge in [0, 0.05) is 30.8 Å². The van der Waals surface area contributed by atoms with Crippen molar-refractivity contribution in [1.29, 1.82) is 0 Å². The molecule has 4 nitrogen and oxygen atoms in total. The Balaban J connectivity index is 2.41. The van der Waals surface area contributed by atoms with E-state index in [1.165, 1.54) is 0 Å². The third-order valence-electron chi connectivity index (χ3n) is 2.74. The molecule has 0 aliphatic heterocycles. The lowest BCUT2D eigenvalue weighted by Crippen LogP contribution is -2.18. The number of hydrogen-bond acceptors (Lipinski definition) is 3. The van der Waals surface area contributed by atoms with E-state index in [1.54, 1.807) is 6.20 Å². The Morgan fingerprint density at radius 1 is 1.31 bits per heavy atom. The Bertz CT molecular complexity index is 501. The summed E-state index contributed by atoms with van der Waals surface area (Å²) < 4.78 is 1.93. The highest BCUT2D eigenvalue weighted by Gasteiger charge is 2.15. The molecule has 0 spiro atoms. The van der Waals surface area contributed by atoms with Gasteiger partial charge in [-0.1, -0.05) is 6.07 Å². The van der Waals surface area contributed by atoms with Crippen LogP contribution in [0.4, 0.5) is 0 Å². The minimum Gasteiger partial charge on any atom is -0.336 e. The molecule has 4 heteroatoms. The zero-order chi connectivity index (χ0) is 11.7. The van der Waals surface area contributed by atoms with E-state index in [0.717, 1.165) is 22.8 Å². The molecule has 0 aromatic carbocycles. The standard InChI is InChI=1S/C12H16N4/c1-8-4-5-10(9(2)15-8)11(13)12-14-6-7-16(12)3/h4-7,11H,13H2,1-3H3. The molecule has 16 heavy (non-hydrogen) atoms. The summed E-state index contributed by atoms with van der Waals surface area (Å²) in [4.78, 5) is 8.68. The molecule has 0 radical (unpaired) electrons. The Kier molecular flexibility index (Phi) is 2.75. The van der Waals surface area contributed by atoms with Crippen LogP contribution in [0.15, 0.2) is 24.5 Å². The molecule has 0 aliphatic carbocycles. The number of nitrogens with two attached hydrogens (primary N) is 1. The van der Waals surface area contributed by atoms with Gasteiger partial charge in [-0.25, -0.2) is 4.98 Å². The molecule has 0 saturated carbocycles. The van der Waals surface area contributed by atoms with Gasteiger partial charge in [0.15, 0.2) is 0 Å². The summed E-state index contributed by atoms with van der Waals surface area (Å²) >= 11 is 0. The van der Waals surface area contributed by atoms with Gasteiger partial charge in [0.1, 0.15) is 5.82 Å². The molecule has 2 aromatic heterocycles. The number of imidazole rings is 1. The Labute approximate surface area is 95.1 Å². The molecular weight excluding hydrogens is 200 g/mol. The molecular formula is C12H16N4. The predicted molar refractivity (Wildman–Crippen MR) is 62.9 cm³/mol. The maximum absolute atomic E-state index is 6.19. The molecule has 0 fully saturated rings. The lowest BCUT2D eigenvalue weighted by molar-refractivity contribution is 0.709. The zero-order valence-electron chi connectivity index (χ0n) is 9.81. The van der Waals surface area contributed by atoms with Crippen molar-refractivity contribution in [2.75, 3.05) is 0 Å². The van der Waals surface area contributed by atoms with E-state index in [-0.39, 0.29) is 6.04 Å². The lowest BCUT2D eigenvalue weighted by Gasteiger charge is -2.14. The third-order valence-corrected chi connectivity index (χ3v) is 2.74. The maximum Gasteiger partial charge on any atom is 0.130 e. The van der Waals surface area contributed by atoms with Gasteiger partial charge in [-0.2, -0.15) is 0 Å². The fourth-order valence-corrected chi connectivity index (χ4v) is 1.84. The lowest BCUT2D eigenvalue weighted by atomic mass is 10.1. The molecule has 2 N–H and O–H groups in total. The van der Waals surface area contributed by atoms with Gasteiger partial charge in [-0.05, 0) is 25.5 Å². The smallest absolute Gasteiger partial charge is 0.130 e. The van der Waals surface area contributed by atoms with Crippen LogP contribution in [-0.2, 0) is 7.05 Å². The van der Waals surface area contributed by atoms with Crippen LogP contribution in [-0.4, -0.2) is 14.5 Å². The van der Waals surface area contributed by atoms with E-state index in [4.69, 9.17) is 5.73 Å². The van der Waals surface area contributed by atoms with Crippen LogP contribution in [0.3, 0.4) is 0 Å². The van der Waals surface area contributed by atoms with Gasteiger partial charge in [0.2, 0.25) is 0 Å². The molecule has 2 aromatic rings. The van der Waals surface area contributed by atoms with E-state index in [0.29, 0.717) is 0 Å². The number of rotatable bonds is 2. The Hall–Kier alpha value is -1.68. The van der Waals surface area contributed by atoms with Gasteiger partial charge in [0.25, 0.3) is 0 Å². The van der Waals surface area contributed by atoms with Gasteiger partial charge in [-0.3, -0.25) is 4.98 Å². The van der Waals surface area contributed by atoms with Gasteiger partial charge in [0.05, 0.1) is 6.04 Å². The fraction of sp³-hybridized carbons (Fsp3) is 0.333. The summed E-state index contributed by atoms with van der Waals surface area (Å²) in [5.41, 5.74) is 9.19. The van der Waals surface area contributed by atoms with E-state index in [2.05, 4.69) is 9.97 Å². The van der Waals surface area contributed by atoms with E-state index in [1.807, 2.05) is 43.8 Å². The van der Waals surface area contributed by atoms with Crippen LogP contribution >= 0.6 is 0 Å². The van der Waals surface area contributed by atoms with Crippen LogP contribution in [0, 0.1) is 13.8 Å². The normalized spacial score (nSPS) is 12.8. The summed E-state index contributed by atoms with van der Waals surface area (Å²) in [6, 6.07) is 3.79. The second-order valence-corrected chi connectivity index (χ2v) is 4.00. The molecule has 2 heterocycles. The van der Waals surface area contributed by atoms with E-state index >= 15 is 0 Å². The maximum atomic E-state index is 6.19. The third kappa shape index (κ3) is 1.84. The van der Waals surface area contributed by atoms with Crippen LogP contribution in [0.25, 0.3) is 0 Å². The first-order valence-corrected chi connectivity index (χ1v) is 5.26. The number of pyridine rings is 1. The molecule has 0 bridgehead atoms. The summed E-state index contributed by atoms with van der Waals surface area (Å²) in [5.74, 6) is 0.855. The van der Waals surface area contributed by atoms with Crippen LogP contribution in [0.2, 0.25) is 0 Å².